The molecule has 144 valence electrons. The van der Waals surface area contributed by atoms with Crippen LogP contribution in [0.5, 0.6) is 5.75 Å². The van der Waals surface area contributed by atoms with Crippen molar-refractivity contribution in [2.45, 2.75) is 47.1 Å². The van der Waals surface area contributed by atoms with Gasteiger partial charge in [0.1, 0.15) is 5.75 Å². The van der Waals surface area contributed by atoms with E-state index in [-0.39, 0.29) is 11.8 Å². The molecule has 2 rings (SSSR count). The molecule has 0 aliphatic carbocycles. The molecule has 0 saturated carbocycles. The molecule has 1 atom stereocenters. The van der Waals surface area contributed by atoms with Crippen LogP contribution in [0.3, 0.4) is 0 Å². The molecular weight excluding hydrogens is 340 g/mol. The summed E-state index contributed by atoms with van der Waals surface area (Å²) in [7, 11) is 0. The topological polar surface area (TPSA) is 67.4 Å². The molecule has 0 spiro atoms. The molecular formula is C22H28N2O3. The third-order valence-electron chi connectivity index (χ3n) is 4.00. The molecule has 0 heterocycles. The molecule has 0 saturated heterocycles. The summed E-state index contributed by atoms with van der Waals surface area (Å²) in [5.41, 5.74) is 1.83. The molecule has 0 aliphatic rings. The van der Waals surface area contributed by atoms with Crippen LogP contribution in [0.15, 0.2) is 48.5 Å². The van der Waals surface area contributed by atoms with E-state index in [9.17, 15) is 9.59 Å². The van der Waals surface area contributed by atoms with E-state index in [0.717, 1.165) is 5.56 Å². The SMILES string of the molecule is CCC(Oc1cccc(C)c1)C(=O)Nc1cccc(NC(=O)C(C)(C)C)c1. The second-order valence-electron chi connectivity index (χ2n) is 7.61. The minimum absolute atomic E-state index is 0.0832. The molecule has 0 radical (unpaired) electrons. The Morgan fingerprint density at radius 2 is 1.63 bits per heavy atom. The molecule has 2 amide bonds. The van der Waals surface area contributed by atoms with Crippen LogP contribution < -0.4 is 15.4 Å². The zero-order valence-electron chi connectivity index (χ0n) is 16.6. The molecule has 5 heteroatoms. The number of aryl methyl sites for hydroxylation is 1. The van der Waals surface area contributed by atoms with Crippen LogP contribution in [0.1, 0.15) is 39.7 Å². The fraction of sp³-hybridized carbons (Fsp3) is 0.364. The predicted octanol–water partition coefficient (Wildman–Crippen LogP) is 4.78. The number of anilines is 2. The first-order valence-corrected chi connectivity index (χ1v) is 9.14. The molecule has 2 N–H and O–H groups in total. The van der Waals surface area contributed by atoms with E-state index in [1.807, 2.05) is 58.9 Å². The van der Waals surface area contributed by atoms with Gasteiger partial charge in [0, 0.05) is 16.8 Å². The Balaban J connectivity index is 2.05. The van der Waals surface area contributed by atoms with Crippen LogP contribution in [0.2, 0.25) is 0 Å². The third-order valence-corrected chi connectivity index (χ3v) is 4.00. The summed E-state index contributed by atoms with van der Waals surface area (Å²) >= 11 is 0. The smallest absolute Gasteiger partial charge is 0.265 e. The standard InChI is InChI=1S/C22H28N2O3/c1-6-19(27-18-12-7-9-15(2)13-18)20(25)23-16-10-8-11-17(14-16)24-21(26)22(3,4)5/h7-14,19H,6H2,1-5H3,(H,23,25)(H,24,26). The number of nitrogens with one attached hydrogen (secondary N) is 2. The van der Waals surface area contributed by atoms with E-state index in [0.29, 0.717) is 23.5 Å². The number of benzene rings is 2. The number of rotatable bonds is 6. The Kier molecular flexibility index (Phi) is 6.61. The molecule has 1 unspecified atom stereocenters. The van der Waals surface area contributed by atoms with Gasteiger partial charge < -0.3 is 15.4 Å². The Hall–Kier alpha value is -2.82. The first-order valence-electron chi connectivity index (χ1n) is 9.14. The highest BCUT2D eigenvalue weighted by atomic mass is 16.5. The molecule has 27 heavy (non-hydrogen) atoms. The highest BCUT2D eigenvalue weighted by molar-refractivity contribution is 5.97. The summed E-state index contributed by atoms with van der Waals surface area (Å²) in [5.74, 6) is 0.363. The highest BCUT2D eigenvalue weighted by Crippen LogP contribution is 2.21. The van der Waals surface area contributed by atoms with Crippen molar-refractivity contribution in [3.05, 3.63) is 54.1 Å². The van der Waals surface area contributed by atoms with Gasteiger partial charge in [0.25, 0.3) is 5.91 Å². The lowest BCUT2D eigenvalue weighted by Crippen LogP contribution is -2.32. The lowest BCUT2D eigenvalue weighted by Gasteiger charge is -2.19. The average molecular weight is 368 g/mol. The molecule has 2 aromatic carbocycles. The summed E-state index contributed by atoms with van der Waals surface area (Å²) in [6.45, 7) is 9.43. The fourth-order valence-corrected chi connectivity index (χ4v) is 2.39. The minimum atomic E-state index is -0.598. The average Bonchev–Trinajstić information content (AvgIpc) is 2.59. The van der Waals surface area contributed by atoms with E-state index in [1.165, 1.54) is 0 Å². The maximum atomic E-state index is 12.6. The molecule has 0 aromatic heterocycles. The van der Waals surface area contributed by atoms with E-state index >= 15 is 0 Å². The van der Waals surface area contributed by atoms with Crippen LogP contribution >= 0.6 is 0 Å². The van der Waals surface area contributed by atoms with Gasteiger partial charge in [-0.1, -0.05) is 45.9 Å². The molecule has 5 nitrogen and oxygen atoms in total. The number of ether oxygens (including phenoxy) is 1. The van der Waals surface area contributed by atoms with E-state index in [1.54, 1.807) is 24.3 Å². The minimum Gasteiger partial charge on any atom is -0.481 e. The van der Waals surface area contributed by atoms with E-state index < -0.39 is 11.5 Å². The quantitative estimate of drug-likeness (QED) is 0.771. The number of carbonyl (C=O) groups excluding carboxylic acids is 2. The lowest BCUT2D eigenvalue weighted by atomic mass is 9.95. The van der Waals surface area contributed by atoms with Crippen LogP contribution in [0, 0.1) is 12.3 Å². The largest absolute Gasteiger partial charge is 0.481 e. The fourth-order valence-electron chi connectivity index (χ4n) is 2.39. The van der Waals surface area contributed by atoms with Crippen LogP contribution in [0.25, 0.3) is 0 Å². The van der Waals surface area contributed by atoms with Gasteiger partial charge in [0.2, 0.25) is 5.91 Å². The third kappa shape index (κ3) is 6.13. The zero-order valence-corrected chi connectivity index (χ0v) is 16.6. The normalized spacial score (nSPS) is 12.2. The maximum Gasteiger partial charge on any atom is 0.265 e. The zero-order chi connectivity index (χ0) is 20.0. The second kappa shape index (κ2) is 8.71. The predicted molar refractivity (Wildman–Crippen MR) is 109 cm³/mol. The van der Waals surface area contributed by atoms with Gasteiger partial charge in [-0.3, -0.25) is 9.59 Å². The van der Waals surface area contributed by atoms with Crippen molar-refractivity contribution in [2.24, 2.45) is 5.41 Å². The molecule has 0 bridgehead atoms. The van der Waals surface area contributed by atoms with Crippen LogP contribution in [-0.2, 0) is 9.59 Å². The number of hydrogen-bond acceptors (Lipinski definition) is 3. The van der Waals surface area contributed by atoms with Crippen molar-refractivity contribution in [1.82, 2.24) is 0 Å². The maximum absolute atomic E-state index is 12.6. The Labute approximate surface area is 161 Å². The number of hydrogen-bond donors (Lipinski definition) is 2. The van der Waals surface area contributed by atoms with Crippen molar-refractivity contribution < 1.29 is 14.3 Å². The Morgan fingerprint density at radius 1 is 1.00 bits per heavy atom. The van der Waals surface area contributed by atoms with Crippen molar-refractivity contribution in [3.8, 4) is 5.75 Å². The summed E-state index contributed by atoms with van der Waals surface area (Å²) in [5, 5.41) is 5.73. The van der Waals surface area contributed by atoms with Crippen molar-refractivity contribution in [1.29, 1.82) is 0 Å². The van der Waals surface area contributed by atoms with Crippen molar-refractivity contribution >= 4 is 23.2 Å². The first-order chi connectivity index (χ1) is 12.7. The summed E-state index contributed by atoms with van der Waals surface area (Å²) in [6, 6.07) is 14.7. The van der Waals surface area contributed by atoms with E-state index in [4.69, 9.17) is 4.74 Å². The van der Waals surface area contributed by atoms with Gasteiger partial charge in [-0.25, -0.2) is 0 Å². The molecule has 0 fully saturated rings. The monoisotopic (exact) mass is 368 g/mol. The molecule has 0 aliphatic heterocycles. The number of amides is 2. The van der Waals surface area contributed by atoms with Gasteiger partial charge in [-0.2, -0.15) is 0 Å². The first kappa shape index (κ1) is 20.5. The summed E-state index contributed by atoms with van der Waals surface area (Å²) in [4.78, 5) is 24.7. The second-order valence-corrected chi connectivity index (χ2v) is 7.61. The van der Waals surface area contributed by atoms with E-state index in [2.05, 4.69) is 10.6 Å². The molecule has 2 aromatic rings. The lowest BCUT2D eigenvalue weighted by molar-refractivity contribution is -0.123. The van der Waals surface area contributed by atoms with Gasteiger partial charge in [-0.15, -0.1) is 0 Å². The van der Waals surface area contributed by atoms with Crippen LogP contribution in [0.4, 0.5) is 11.4 Å². The van der Waals surface area contributed by atoms with Gasteiger partial charge >= 0.3 is 0 Å². The summed E-state index contributed by atoms with van der Waals surface area (Å²) in [6.07, 6.45) is -0.0557. The summed E-state index contributed by atoms with van der Waals surface area (Å²) < 4.78 is 5.84. The van der Waals surface area contributed by atoms with Gasteiger partial charge in [0.15, 0.2) is 6.10 Å². The Bertz CT molecular complexity index is 809. The number of carbonyl (C=O) groups is 2. The van der Waals surface area contributed by atoms with Crippen LogP contribution in [-0.4, -0.2) is 17.9 Å². The van der Waals surface area contributed by atoms with Crippen molar-refractivity contribution in [2.75, 3.05) is 10.6 Å². The Morgan fingerprint density at radius 3 is 2.22 bits per heavy atom. The van der Waals surface area contributed by atoms with Crippen molar-refractivity contribution in [3.63, 3.8) is 0 Å². The van der Waals surface area contributed by atoms with Gasteiger partial charge in [0.05, 0.1) is 0 Å². The highest BCUT2D eigenvalue weighted by Gasteiger charge is 2.22. The van der Waals surface area contributed by atoms with Gasteiger partial charge in [-0.05, 0) is 49.2 Å².